The van der Waals surface area contributed by atoms with Crippen molar-refractivity contribution in [2.75, 3.05) is 5.73 Å². The quantitative estimate of drug-likeness (QED) is 0.559. The topological polar surface area (TPSA) is 89.8 Å². The summed E-state index contributed by atoms with van der Waals surface area (Å²) in [6.07, 6.45) is 4.12. The van der Waals surface area contributed by atoms with E-state index in [0.29, 0.717) is 12.1 Å². The number of nitrogen functional groups attached to an aromatic ring is 1. The van der Waals surface area contributed by atoms with Gasteiger partial charge in [0, 0.05) is 41.1 Å². The fourth-order valence-corrected chi connectivity index (χ4v) is 2.46. The fraction of sp³-hybridized carbons (Fsp3) is 0.273. The zero-order chi connectivity index (χ0) is 12.3. The monoisotopic (exact) mass is 249 g/mol. The molecule has 2 heterocycles. The van der Waals surface area contributed by atoms with E-state index in [9.17, 15) is 0 Å². The van der Waals surface area contributed by atoms with Crippen molar-refractivity contribution in [2.24, 2.45) is 5.84 Å². The predicted molar refractivity (Wildman–Crippen MR) is 69.3 cm³/mol. The standard InChI is InChI=1S/C11H15N5S/c1-7-6-17-11(15-7)4-10(16-13)8-5-14-3-2-9(8)12/h2-3,5-6,10,16H,4,13H2,1H3,(H2,12,14). The Hall–Kier alpha value is -1.50. The van der Waals surface area contributed by atoms with Gasteiger partial charge in [0.25, 0.3) is 0 Å². The van der Waals surface area contributed by atoms with Crippen molar-refractivity contribution in [1.82, 2.24) is 15.4 Å². The van der Waals surface area contributed by atoms with E-state index in [-0.39, 0.29) is 6.04 Å². The zero-order valence-electron chi connectivity index (χ0n) is 9.55. The van der Waals surface area contributed by atoms with E-state index in [1.807, 2.05) is 12.3 Å². The molecule has 0 aliphatic heterocycles. The molecule has 0 saturated heterocycles. The molecule has 6 heteroatoms. The van der Waals surface area contributed by atoms with Crippen LogP contribution in [0.25, 0.3) is 0 Å². The van der Waals surface area contributed by atoms with Crippen molar-refractivity contribution in [3.05, 3.63) is 40.1 Å². The number of nitrogens with zero attached hydrogens (tertiary/aromatic N) is 2. The van der Waals surface area contributed by atoms with Crippen LogP contribution in [0.1, 0.15) is 22.3 Å². The molecule has 5 nitrogen and oxygen atoms in total. The number of anilines is 1. The summed E-state index contributed by atoms with van der Waals surface area (Å²) in [6, 6.07) is 1.71. The average Bonchev–Trinajstić information content (AvgIpc) is 2.73. The average molecular weight is 249 g/mol. The molecule has 0 aliphatic carbocycles. The second-order valence-electron chi connectivity index (χ2n) is 3.81. The Labute approximate surface area is 104 Å². The first-order chi connectivity index (χ1) is 8.20. The number of thiazole rings is 1. The second-order valence-corrected chi connectivity index (χ2v) is 4.75. The molecule has 2 aromatic rings. The van der Waals surface area contributed by atoms with Crippen molar-refractivity contribution in [2.45, 2.75) is 19.4 Å². The van der Waals surface area contributed by atoms with E-state index in [0.717, 1.165) is 16.3 Å². The molecule has 0 fully saturated rings. The van der Waals surface area contributed by atoms with Crippen molar-refractivity contribution >= 4 is 17.0 Å². The lowest BCUT2D eigenvalue weighted by Gasteiger charge is -2.16. The third-order valence-corrected chi connectivity index (χ3v) is 3.50. The SMILES string of the molecule is Cc1csc(CC(NN)c2cnccc2N)n1. The molecule has 0 aromatic carbocycles. The molecule has 1 unspecified atom stereocenters. The normalized spacial score (nSPS) is 12.6. The van der Waals surface area contributed by atoms with Crippen molar-refractivity contribution in [1.29, 1.82) is 0 Å². The minimum Gasteiger partial charge on any atom is -0.398 e. The maximum absolute atomic E-state index is 5.90. The summed E-state index contributed by atoms with van der Waals surface area (Å²) >= 11 is 1.63. The highest BCUT2D eigenvalue weighted by molar-refractivity contribution is 7.09. The van der Waals surface area contributed by atoms with Crippen LogP contribution in [-0.2, 0) is 6.42 Å². The summed E-state index contributed by atoms with van der Waals surface area (Å²) in [7, 11) is 0. The van der Waals surface area contributed by atoms with Crippen LogP contribution in [0.15, 0.2) is 23.8 Å². The molecule has 0 saturated carbocycles. The molecule has 5 N–H and O–H groups in total. The molecule has 90 valence electrons. The smallest absolute Gasteiger partial charge is 0.0947 e. The molecule has 2 aromatic heterocycles. The number of pyridine rings is 1. The minimum atomic E-state index is -0.0609. The van der Waals surface area contributed by atoms with E-state index in [2.05, 4.69) is 15.4 Å². The number of rotatable bonds is 4. The molecule has 0 radical (unpaired) electrons. The largest absolute Gasteiger partial charge is 0.398 e. The number of nitrogens with two attached hydrogens (primary N) is 2. The first kappa shape index (κ1) is 12.0. The van der Waals surface area contributed by atoms with Gasteiger partial charge < -0.3 is 5.73 Å². The lowest BCUT2D eigenvalue weighted by molar-refractivity contribution is 0.550. The summed E-state index contributed by atoms with van der Waals surface area (Å²) in [6.45, 7) is 1.98. The second kappa shape index (κ2) is 5.22. The first-order valence-corrected chi connectivity index (χ1v) is 6.15. The zero-order valence-corrected chi connectivity index (χ0v) is 10.4. The molecule has 1 atom stereocenters. The van der Waals surface area contributed by atoms with E-state index in [1.54, 1.807) is 29.8 Å². The lowest BCUT2D eigenvalue weighted by Crippen LogP contribution is -2.30. The summed E-state index contributed by atoms with van der Waals surface area (Å²) in [5.74, 6) is 5.57. The van der Waals surface area contributed by atoms with Gasteiger partial charge in [-0.05, 0) is 13.0 Å². The number of nitrogens with one attached hydrogen (secondary N) is 1. The van der Waals surface area contributed by atoms with Crippen molar-refractivity contribution < 1.29 is 0 Å². The van der Waals surface area contributed by atoms with Gasteiger partial charge in [0.05, 0.1) is 11.0 Å². The maximum Gasteiger partial charge on any atom is 0.0947 e. The molecular formula is C11H15N5S. The molecule has 0 spiro atoms. The van der Waals surface area contributed by atoms with Crippen LogP contribution in [0.4, 0.5) is 5.69 Å². The van der Waals surface area contributed by atoms with Gasteiger partial charge in [-0.2, -0.15) is 0 Å². The highest BCUT2D eigenvalue weighted by Crippen LogP contribution is 2.23. The third kappa shape index (κ3) is 2.79. The van der Waals surface area contributed by atoms with Gasteiger partial charge in [-0.15, -0.1) is 11.3 Å². The van der Waals surface area contributed by atoms with Crippen LogP contribution < -0.4 is 17.0 Å². The van der Waals surface area contributed by atoms with Gasteiger partial charge in [0.1, 0.15) is 0 Å². The fourth-order valence-electron chi connectivity index (χ4n) is 1.64. The highest BCUT2D eigenvalue weighted by atomic mass is 32.1. The number of aryl methyl sites for hydroxylation is 1. The summed E-state index contributed by atoms with van der Waals surface area (Å²) in [5, 5.41) is 3.06. The van der Waals surface area contributed by atoms with E-state index >= 15 is 0 Å². The Bertz CT molecular complexity index is 496. The molecule has 17 heavy (non-hydrogen) atoms. The Balaban J connectivity index is 2.20. The van der Waals surface area contributed by atoms with Crippen molar-refractivity contribution in [3.63, 3.8) is 0 Å². The van der Waals surface area contributed by atoms with E-state index in [1.165, 1.54) is 0 Å². The minimum absolute atomic E-state index is 0.0609. The molecular weight excluding hydrogens is 234 g/mol. The van der Waals surface area contributed by atoms with Crippen molar-refractivity contribution in [3.8, 4) is 0 Å². The van der Waals surface area contributed by atoms with Crippen LogP contribution in [0, 0.1) is 6.92 Å². The third-order valence-electron chi connectivity index (χ3n) is 2.51. The summed E-state index contributed by atoms with van der Waals surface area (Å²) < 4.78 is 0. The number of hydrogen-bond donors (Lipinski definition) is 3. The van der Waals surface area contributed by atoms with Crippen LogP contribution >= 0.6 is 11.3 Å². The van der Waals surface area contributed by atoms with Crippen LogP contribution in [-0.4, -0.2) is 9.97 Å². The van der Waals surface area contributed by atoms with Crippen LogP contribution in [0.3, 0.4) is 0 Å². The molecule has 0 aliphatic rings. The van der Waals surface area contributed by atoms with Gasteiger partial charge in [-0.3, -0.25) is 16.3 Å². The summed E-state index contributed by atoms with van der Waals surface area (Å²) in [4.78, 5) is 8.48. The Morgan fingerprint density at radius 3 is 2.94 bits per heavy atom. The maximum atomic E-state index is 5.90. The van der Waals surface area contributed by atoms with Crippen LogP contribution in [0.2, 0.25) is 0 Å². The Kier molecular flexibility index (Phi) is 3.68. The predicted octanol–water partition coefficient (Wildman–Crippen LogP) is 1.18. The molecule has 2 rings (SSSR count). The van der Waals surface area contributed by atoms with Gasteiger partial charge in [-0.1, -0.05) is 0 Å². The lowest BCUT2D eigenvalue weighted by atomic mass is 10.1. The summed E-state index contributed by atoms with van der Waals surface area (Å²) in [5.41, 5.74) is 11.3. The van der Waals surface area contributed by atoms with Gasteiger partial charge >= 0.3 is 0 Å². The number of hydrogen-bond acceptors (Lipinski definition) is 6. The highest BCUT2D eigenvalue weighted by Gasteiger charge is 2.15. The van der Waals surface area contributed by atoms with E-state index in [4.69, 9.17) is 11.6 Å². The van der Waals surface area contributed by atoms with Gasteiger partial charge in [0.2, 0.25) is 0 Å². The van der Waals surface area contributed by atoms with Gasteiger partial charge in [-0.25, -0.2) is 4.98 Å². The number of hydrazine groups is 1. The Morgan fingerprint density at radius 1 is 1.53 bits per heavy atom. The molecule has 0 amide bonds. The Morgan fingerprint density at radius 2 is 2.35 bits per heavy atom. The first-order valence-electron chi connectivity index (χ1n) is 5.27. The van der Waals surface area contributed by atoms with Gasteiger partial charge in [0.15, 0.2) is 0 Å². The molecule has 0 bridgehead atoms. The number of aromatic nitrogens is 2. The van der Waals surface area contributed by atoms with Crippen LogP contribution in [0.5, 0.6) is 0 Å². The van der Waals surface area contributed by atoms with E-state index < -0.39 is 0 Å².